The van der Waals surface area contributed by atoms with Crippen LogP contribution in [0.5, 0.6) is 0 Å². The first kappa shape index (κ1) is 104. The van der Waals surface area contributed by atoms with Gasteiger partial charge in [0.15, 0.2) is 0 Å². The zero-order valence-corrected chi connectivity index (χ0v) is 66.7. The van der Waals surface area contributed by atoms with Gasteiger partial charge in [0.25, 0.3) is 0 Å². The average molecular weight is 1470 g/mol. The number of imidazole rings is 8. The third kappa shape index (κ3) is 76.5. The zero-order chi connectivity index (χ0) is 79.1. The summed E-state index contributed by atoms with van der Waals surface area (Å²) in [6.07, 6.45) is 82.0. The van der Waals surface area contributed by atoms with E-state index < -0.39 is 29.6 Å². The van der Waals surface area contributed by atoms with Crippen LogP contribution >= 0.6 is 0 Å². The summed E-state index contributed by atoms with van der Waals surface area (Å²) in [5.74, 6) is 0. The van der Waals surface area contributed by atoms with Crippen LogP contribution in [0.4, 0.5) is 17.3 Å². The SMILES string of the molecule is CCCCCn1cc[n+](C)c1.CCCCCn1cc[n+](C)c1.CCCCCn1cc[n+](C)c1.CCCCCn1cc[n+](C)c1.CCCCCn1cc[n+](C)c1.CCCCCn1cc[n+](C)c1.CCCCCn1cc[n+](C)c1.CCCCCn1cc[n+](C)c1.[O-]B([O-])F.[O-]B([O-])F.[O-]B([O-])F.[O-]B([O-])F. The van der Waals surface area contributed by atoms with Gasteiger partial charge in [-0.2, -0.15) is 0 Å². The summed E-state index contributed by atoms with van der Waals surface area (Å²) < 4.78 is 74.0. The van der Waals surface area contributed by atoms with E-state index in [0.717, 1.165) is 52.4 Å². The fourth-order valence-corrected chi connectivity index (χ4v) is 9.43. The standard InChI is InChI=1S/8C9H17N2.4BFO2/c8*1-3-4-5-6-11-8-7-10(2)9-11;4*2-1(3)4/h8*7-9H,3-6H2,1-2H3;;;;/q8*+1;4*-2. The maximum atomic E-state index is 9.89. The summed E-state index contributed by atoms with van der Waals surface area (Å²) in [6.45, 7) is 27.1. The first-order valence-corrected chi connectivity index (χ1v) is 37.5. The highest BCUT2D eigenvalue weighted by Crippen LogP contribution is 2.03. The molecule has 592 valence electrons. The molecular weight excluding hydrogens is 1340 g/mol. The first-order chi connectivity index (χ1) is 49.5. The van der Waals surface area contributed by atoms with Crippen molar-refractivity contribution in [2.45, 2.75) is 262 Å². The lowest BCUT2D eigenvalue weighted by molar-refractivity contribution is -0.671. The Hall–Kier alpha value is -6.66. The van der Waals surface area contributed by atoms with Gasteiger partial charge >= 0.3 is 0 Å². The fraction of sp³-hybridized carbons (Fsp3) is 0.667. The molecule has 0 fully saturated rings. The van der Waals surface area contributed by atoms with Gasteiger partial charge in [-0.3, -0.25) is 0 Å². The Bertz CT molecular complexity index is 2440. The van der Waals surface area contributed by atoms with Crippen molar-refractivity contribution in [2.24, 2.45) is 56.4 Å². The molecule has 0 atom stereocenters. The van der Waals surface area contributed by atoms with Crippen molar-refractivity contribution >= 4 is 29.6 Å². The van der Waals surface area contributed by atoms with E-state index >= 15 is 0 Å². The molecule has 0 aliphatic carbocycles. The number of halogens is 4. The predicted molar refractivity (Wildman–Crippen MR) is 389 cm³/mol. The molecule has 0 radical (unpaired) electrons. The average Bonchev–Trinajstić information content (AvgIpc) is 2.02. The summed E-state index contributed by atoms with van der Waals surface area (Å²) in [4.78, 5) is 0. The Morgan fingerprint density at radius 2 is 0.288 bits per heavy atom. The molecule has 104 heavy (non-hydrogen) atoms. The summed E-state index contributed by atoms with van der Waals surface area (Å²) in [5.41, 5.74) is 0. The van der Waals surface area contributed by atoms with Crippen LogP contribution < -0.4 is 76.7 Å². The van der Waals surface area contributed by atoms with Crippen molar-refractivity contribution < 1.29 is 94.0 Å². The smallest absolute Gasteiger partial charge is 0.243 e. The van der Waals surface area contributed by atoms with E-state index in [1.165, 1.54) is 154 Å². The number of hydrogen-bond donors (Lipinski definition) is 0. The van der Waals surface area contributed by atoms with Crippen molar-refractivity contribution in [1.82, 2.24) is 36.5 Å². The minimum Gasteiger partial charge on any atom is -0.867 e. The van der Waals surface area contributed by atoms with Crippen LogP contribution in [0.3, 0.4) is 0 Å². The predicted octanol–water partition coefficient (Wildman–Crippen LogP) is 2.67. The fourth-order valence-electron chi connectivity index (χ4n) is 9.43. The van der Waals surface area contributed by atoms with Crippen molar-refractivity contribution in [1.29, 1.82) is 0 Å². The summed E-state index contributed by atoms with van der Waals surface area (Å²) in [5, 5.41) is 66.4. The minimum absolute atomic E-state index is 1.16. The molecule has 0 spiro atoms. The Balaban J connectivity index is -0.000000533. The van der Waals surface area contributed by atoms with Crippen LogP contribution in [0, 0.1) is 0 Å². The topological polar surface area (TPSA) is 255 Å². The second kappa shape index (κ2) is 73.2. The summed E-state index contributed by atoms with van der Waals surface area (Å²) >= 11 is 0. The lowest BCUT2D eigenvalue weighted by Crippen LogP contribution is -2.39. The van der Waals surface area contributed by atoms with E-state index in [0.29, 0.717) is 0 Å². The Kier molecular flexibility index (Phi) is 73.0. The number of aryl methyl sites for hydroxylation is 16. The zero-order valence-electron chi connectivity index (χ0n) is 66.7. The van der Waals surface area contributed by atoms with Crippen LogP contribution in [0.15, 0.2) is 150 Å². The molecule has 0 saturated carbocycles. The largest absolute Gasteiger partial charge is 0.867 e. The molecule has 8 aromatic heterocycles. The molecule has 32 heteroatoms. The molecule has 0 amide bonds. The first-order valence-electron chi connectivity index (χ1n) is 37.5. The Morgan fingerprint density at radius 1 is 0.202 bits per heavy atom. The monoisotopic (exact) mass is 1470 g/mol. The van der Waals surface area contributed by atoms with Crippen LogP contribution in [-0.2, 0) is 109 Å². The molecule has 0 bridgehead atoms. The van der Waals surface area contributed by atoms with Crippen molar-refractivity contribution in [2.75, 3.05) is 0 Å². The molecule has 0 unspecified atom stereocenters. The van der Waals surface area contributed by atoms with Crippen molar-refractivity contribution in [3.05, 3.63) is 150 Å². The molecule has 8 rings (SSSR count). The number of rotatable bonds is 32. The molecular formula is C72H136B4F4N16O8. The van der Waals surface area contributed by atoms with Gasteiger partial charge in [-0.05, 0) is 103 Å². The third-order valence-corrected chi connectivity index (χ3v) is 14.7. The van der Waals surface area contributed by atoms with Crippen molar-refractivity contribution in [3.63, 3.8) is 0 Å². The molecule has 24 nitrogen and oxygen atoms in total. The lowest BCUT2D eigenvalue weighted by atomic mass is 10.2. The van der Waals surface area contributed by atoms with E-state index in [1.807, 2.05) is 0 Å². The number of unbranched alkanes of at least 4 members (excludes halogenated alkanes) is 16. The van der Waals surface area contributed by atoms with Gasteiger partial charge in [-0.25, -0.2) is 73.1 Å². The highest BCUT2D eigenvalue weighted by molar-refractivity contribution is 6.27. The summed E-state index contributed by atoms with van der Waals surface area (Å²) in [6, 6.07) is 0. The van der Waals surface area contributed by atoms with Gasteiger partial charge < -0.3 is 57.5 Å². The second-order valence-electron chi connectivity index (χ2n) is 25.3. The number of aromatic nitrogens is 16. The van der Waals surface area contributed by atoms with Gasteiger partial charge in [0.1, 0.15) is 129 Å². The molecule has 0 aromatic carbocycles. The normalized spacial score (nSPS) is 9.81. The van der Waals surface area contributed by atoms with E-state index in [2.05, 4.69) is 335 Å². The number of nitrogens with zero attached hydrogens (tertiary/aromatic N) is 16. The van der Waals surface area contributed by atoms with Crippen molar-refractivity contribution in [3.8, 4) is 0 Å². The molecule has 8 aromatic rings. The minimum atomic E-state index is -3.17. The highest BCUT2D eigenvalue weighted by atomic mass is 19.1. The van der Waals surface area contributed by atoms with Gasteiger partial charge in [0.05, 0.1) is 109 Å². The quantitative estimate of drug-likeness (QED) is 0.0262. The maximum absolute atomic E-state index is 9.89. The highest BCUT2D eigenvalue weighted by Gasteiger charge is 2.04. The molecule has 0 aliphatic rings. The van der Waals surface area contributed by atoms with Gasteiger partial charge in [-0.1, -0.05) is 107 Å². The molecule has 0 N–H and O–H groups in total. The lowest BCUT2D eigenvalue weighted by Gasteiger charge is -2.09. The van der Waals surface area contributed by atoms with E-state index in [1.54, 1.807) is 0 Å². The molecule has 0 saturated heterocycles. The Morgan fingerprint density at radius 3 is 0.346 bits per heavy atom. The Labute approximate surface area is 625 Å². The van der Waals surface area contributed by atoms with E-state index in [-0.39, 0.29) is 0 Å². The third-order valence-electron chi connectivity index (χ3n) is 14.7. The van der Waals surface area contributed by atoms with Crippen LogP contribution in [0.25, 0.3) is 0 Å². The maximum Gasteiger partial charge on any atom is 0.243 e. The summed E-state index contributed by atoms with van der Waals surface area (Å²) in [7, 11) is 3.75. The van der Waals surface area contributed by atoms with Crippen LogP contribution in [0.2, 0.25) is 0 Å². The van der Waals surface area contributed by atoms with E-state index in [4.69, 9.17) is 40.2 Å². The molecule has 8 heterocycles. The van der Waals surface area contributed by atoms with Crippen LogP contribution in [-0.4, -0.2) is 66.1 Å². The molecule has 0 aliphatic heterocycles. The number of hydrogen-bond acceptors (Lipinski definition) is 8. The van der Waals surface area contributed by atoms with Gasteiger partial charge in [0, 0.05) is 0 Å². The van der Waals surface area contributed by atoms with E-state index in [9.17, 15) is 17.3 Å². The van der Waals surface area contributed by atoms with Gasteiger partial charge in [0.2, 0.25) is 50.6 Å². The van der Waals surface area contributed by atoms with Crippen LogP contribution in [0.1, 0.15) is 209 Å². The van der Waals surface area contributed by atoms with Gasteiger partial charge in [-0.15, -0.1) is 0 Å². The second-order valence-corrected chi connectivity index (χ2v) is 25.3.